The van der Waals surface area contributed by atoms with Gasteiger partial charge >= 0.3 is 0 Å². The summed E-state index contributed by atoms with van der Waals surface area (Å²) in [5, 5.41) is 5.33. The molecule has 1 heterocycles. The molecule has 5 nitrogen and oxygen atoms in total. The van der Waals surface area contributed by atoms with E-state index in [1.165, 1.54) is 0 Å². The van der Waals surface area contributed by atoms with E-state index in [-0.39, 0.29) is 12.5 Å². The number of amides is 1. The standard InChI is InChI=1S/C21H20Cl3N3O2/c1-13-16(10-25-27(13)3)11-26(2)21(28)15-6-4-5-14(7-15)12-29-20-18(23)8-17(22)9-19(20)24/h4-10H,11-12H2,1-3H3. The molecule has 0 fully saturated rings. The Morgan fingerprint density at radius 3 is 2.48 bits per heavy atom. The van der Waals surface area contributed by atoms with E-state index in [9.17, 15) is 4.79 Å². The third-order valence-electron chi connectivity index (χ3n) is 4.61. The van der Waals surface area contributed by atoms with Crippen molar-refractivity contribution in [2.75, 3.05) is 7.05 Å². The third-order valence-corrected chi connectivity index (χ3v) is 5.39. The summed E-state index contributed by atoms with van der Waals surface area (Å²) in [6.07, 6.45) is 1.78. The lowest BCUT2D eigenvalue weighted by molar-refractivity contribution is 0.0784. The van der Waals surface area contributed by atoms with Crippen molar-refractivity contribution < 1.29 is 9.53 Å². The highest BCUT2D eigenvalue weighted by Gasteiger charge is 2.15. The summed E-state index contributed by atoms with van der Waals surface area (Å²) in [6, 6.07) is 10.4. The van der Waals surface area contributed by atoms with E-state index < -0.39 is 0 Å². The first-order valence-corrected chi connectivity index (χ1v) is 9.99. The molecular weight excluding hydrogens is 433 g/mol. The first-order valence-electron chi connectivity index (χ1n) is 8.85. The number of carbonyl (C=O) groups excluding carboxylic acids is 1. The van der Waals surface area contributed by atoms with Gasteiger partial charge in [-0.25, -0.2) is 0 Å². The highest BCUT2D eigenvalue weighted by Crippen LogP contribution is 2.36. The number of aryl methyl sites for hydroxylation is 1. The molecular formula is C21H20Cl3N3O2. The van der Waals surface area contributed by atoms with Crippen LogP contribution in [-0.2, 0) is 20.2 Å². The second kappa shape index (κ2) is 9.08. The summed E-state index contributed by atoms with van der Waals surface area (Å²) in [7, 11) is 3.65. The zero-order valence-electron chi connectivity index (χ0n) is 16.2. The van der Waals surface area contributed by atoms with Crippen molar-refractivity contribution in [1.82, 2.24) is 14.7 Å². The number of hydrogen-bond acceptors (Lipinski definition) is 3. The van der Waals surface area contributed by atoms with Crippen LogP contribution in [0.1, 0.15) is 27.2 Å². The molecule has 29 heavy (non-hydrogen) atoms. The second-order valence-electron chi connectivity index (χ2n) is 6.73. The van der Waals surface area contributed by atoms with Crippen LogP contribution in [0.25, 0.3) is 0 Å². The Bertz CT molecular complexity index is 1030. The Labute approximate surface area is 184 Å². The highest BCUT2D eigenvalue weighted by atomic mass is 35.5. The molecule has 0 spiro atoms. The molecule has 0 atom stereocenters. The lowest BCUT2D eigenvalue weighted by Gasteiger charge is -2.18. The van der Waals surface area contributed by atoms with Gasteiger partial charge in [-0.2, -0.15) is 5.10 Å². The van der Waals surface area contributed by atoms with Crippen LogP contribution in [-0.4, -0.2) is 27.6 Å². The molecule has 152 valence electrons. The molecule has 0 bridgehead atoms. The van der Waals surface area contributed by atoms with Crippen molar-refractivity contribution in [1.29, 1.82) is 0 Å². The lowest BCUT2D eigenvalue weighted by Crippen LogP contribution is -2.26. The summed E-state index contributed by atoms with van der Waals surface area (Å²) in [4.78, 5) is 14.5. The number of aromatic nitrogens is 2. The van der Waals surface area contributed by atoms with E-state index in [1.54, 1.807) is 47.1 Å². The van der Waals surface area contributed by atoms with Crippen LogP contribution in [0.5, 0.6) is 5.75 Å². The maximum Gasteiger partial charge on any atom is 0.253 e. The maximum absolute atomic E-state index is 12.8. The molecule has 0 saturated carbocycles. The topological polar surface area (TPSA) is 47.4 Å². The number of halogens is 3. The molecule has 1 amide bonds. The van der Waals surface area contributed by atoms with Crippen molar-refractivity contribution in [3.63, 3.8) is 0 Å². The molecule has 3 rings (SSSR count). The minimum Gasteiger partial charge on any atom is -0.486 e. The fourth-order valence-corrected chi connectivity index (χ4v) is 3.79. The van der Waals surface area contributed by atoms with Gasteiger partial charge in [-0.15, -0.1) is 0 Å². The van der Waals surface area contributed by atoms with Gasteiger partial charge < -0.3 is 9.64 Å². The molecule has 0 N–H and O–H groups in total. The normalized spacial score (nSPS) is 10.8. The quantitative estimate of drug-likeness (QED) is 0.493. The number of benzene rings is 2. The average molecular weight is 453 g/mol. The van der Waals surface area contributed by atoms with Crippen LogP contribution in [0.3, 0.4) is 0 Å². The second-order valence-corrected chi connectivity index (χ2v) is 7.98. The van der Waals surface area contributed by atoms with Crippen molar-refractivity contribution in [3.8, 4) is 5.75 Å². The van der Waals surface area contributed by atoms with Gasteiger partial charge in [0, 0.05) is 42.5 Å². The van der Waals surface area contributed by atoms with Crippen molar-refractivity contribution >= 4 is 40.7 Å². The van der Waals surface area contributed by atoms with Crippen LogP contribution in [0, 0.1) is 6.92 Å². The summed E-state index contributed by atoms with van der Waals surface area (Å²) >= 11 is 18.2. The van der Waals surface area contributed by atoms with E-state index >= 15 is 0 Å². The average Bonchev–Trinajstić information content (AvgIpc) is 2.99. The molecule has 0 unspecified atom stereocenters. The summed E-state index contributed by atoms with van der Waals surface area (Å²) in [5.41, 5.74) is 3.44. The van der Waals surface area contributed by atoms with Crippen LogP contribution >= 0.6 is 34.8 Å². The van der Waals surface area contributed by atoms with Gasteiger partial charge in [-0.1, -0.05) is 46.9 Å². The Morgan fingerprint density at radius 2 is 1.86 bits per heavy atom. The van der Waals surface area contributed by atoms with E-state index in [4.69, 9.17) is 39.5 Å². The van der Waals surface area contributed by atoms with Crippen LogP contribution in [0.15, 0.2) is 42.6 Å². The molecule has 3 aromatic rings. The molecule has 0 saturated heterocycles. The molecule has 0 aliphatic carbocycles. The Balaban J connectivity index is 1.70. The molecule has 2 aromatic carbocycles. The van der Waals surface area contributed by atoms with E-state index in [2.05, 4.69) is 5.10 Å². The smallest absolute Gasteiger partial charge is 0.253 e. The largest absolute Gasteiger partial charge is 0.486 e. The number of hydrogen-bond donors (Lipinski definition) is 0. The van der Waals surface area contributed by atoms with Crippen LogP contribution < -0.4 is 4.74 Å². The summed E-state index contributed by atoms with van der Waals surface area (Å²) in [5.74, 6) is 0.274. The number of ether oxygens (including phenoxy) is 1. The summed E-state index contributed by atoms with van der Waals surface area (Å²) < 4.78 is 7.55. The van der Waals surface area contributed by atoms with Crippen molar-refractivity contribution in [2.45, 2.75) is 20.1 Å². The third kappa shape index (κ3) is 5.04. The Morgan fingerprint density at radius 1 is 1.17 bits per heavy atom. The molecule has 8 heteroatoms. The van der Waals surface area contributed by atoms with Gasteiger partial charge in [0.05, 0.1) is 16.2 Å². The van der Waals surface area contributed by atoms with Gasteiger partial charge in [0.1, 0.15) is 6.61 Å². The zero-order valence-corrected chi connectivity index (χ0v) is 18.5. The lowest BCUT2D eigenvalue weighted by atomic mass is 10.1. The van der Waals surface area contributed by atoms with E-state index in [0.29, 0.717) is 32.9 Å². The predicted octanol–water partition coefficient (Wildman–Crippen LogP) is 5.54. The minimum absolute atomic E-state index is 0.0855. The number of rotatable bonds is 6. The molecule has 0 radical (unpaired) electrons. The van der Waals surface area contributed by atoms with Crippen molar-refractivity contribution in [2.24, 2.45) is 7.05 Å². The molecule has 0 aliphatic heterocycles. The maximum atomic E-state index is 12.8. The fraction of sp³-hybridized carbons (Fsp3) is 0.238. The molecule has 0 aliphatic rings. The zero-order chi connectivity index (χ0) is 21.1. The first-order chi connectivity index (χ1) is 13.8. The number of nitrogens with zero attached hydrogens (tertiary/aromatic N) is 3. The predicted molar refractivity (Wildman–Crippen MR) is 116 cm³/mol. The Kier molecular flexibility index (Phi) is 6.73. The Hall–Kier alpha value is -2.21. The first kappa shape index (κ1) is 21.5. The van der Waals surface area contributed by atoms with Gasteiger partial charge in [0.2, 0.25) is 0 Å². The van der Waals surface area contributed by atoms with Gasteiger partial charge in [0.15, 0.2) is 5.75 Å². The van der Waals surface area contributed by atoms with E-state index in [1.807, 2.05) is 26.1 Å². The van der Waals surface area contributed by atoms with Gasteiger partial charge in [-0.3, -0.25) is 9.48 Å². The highest BCUT2D eigenvalue weighted by molar-refractivity contribution is 6.40. The molecule has 1 aromatic heterocycles. The van der Waals surface area contributed by atoms with Crippen LogP contribution in [0.4, 0.5) is 0 Å². The monoisotopic (exact) mass is 451 g/mol. The number of carbonyl (C=O) groups is 1. The van der Waals surface area contributed by atoms with Crippen molar-refractivity contribution in [3.05, 3.63) is 80.0 Å². The summed E-state index contributed by atoms with van der Waals surface area (Å²) in [6.45, 7) is 2.68. The SMILES string of the molecule is Cc1c(CN(C)C(=O)c2cccc(COc3c(Cl)cc(Cl)cc3Cl)c2)cnn1C. The minimum atomic E-state index is -0.0855. The van der Waals surface area contributed by atoms with Gasteiger partial charge in [-0.05, 0) is 36.8 Å². The van der Waals surface area contributed by atoms with Gasteiger partial charge in [0.25, 0.3) is 5.91 Å². The van der Waals surface area contributed by atoms with E-state index in [0.717, 1.165) is 16.8 Å². The fourth-order valence-electron chi connectivity index (χ4n) is 2.86. The van der Waals surface area contributed by atoms with Crippen LogP contribution in [0.2, 0.25) is 15.1 Å².